The van der Waals surface area contributed by atoms with E-state index >= 15 is 0 Å². The zero-order valence-electron chi connectivity index (χ0n) is 14.0. The summed E-state index contributed by atoms with van der Waals surface area (Å²) in [7, 11) is 6.73. The van der Waals surface area contributed by atoms with E-state index in [1.54, 1.807) is 33.2 Å². The second-order valence-corrected chi connectivity index (χ2v) is 7.01. The van der Waals surface area contributed by atoms with E-state index in [1.807, 2.05) is 18.2 Å². The van der Waals surface area contributed by atoms with Gasteiger partial charge in [0.1, 0.15) is 0 Å². The van der Waals surface area contributed by atoms with E-state index in [4.69, 9.17) is 9.47 Å². The number of hydrogen-bond acceptors (Lipinski definition) is 8. The van der Waals surface area contributed by atoms with E-state index in [2.05, 4.69) is 15.5 Å². The Kier molecular flexibility index (Phi) is 6.68. The van der Waals surface area contributed by atoms with Gasteiger partial charge in [-0.05, 0) is 6.07 Å². The van der Waals surface area contributed by atoms with Crippen molar-refractivity contribution in [1.29, 1.82) is 0 Å². The van der Waals surface area contributed by atoms with Gasteiger partial charge >= 0.3 is 0 Å². The highest BCUT2D eigenvalue weighted by molar-refractivity contribution is 8.01. The van der Waals surface area contributed by atoms with E-state index in [-0.39, 0.29) is 5.91 Å². The van der Waals surface area contributed by atoms with Crippen molar-refractivity contribution in [2.75, 3.05) is 39.4 Å². The number of benzene rings is 1. The topological polar surface area (TPSA) is 76.6 Å². The Morgan fingerprint density at radius 1 is 1.33 bits per heavy atom. The minimum absolute atomic E-state index is 0.00563. The molecule has 0 fully saturated rings. The van der Waals surface area contributed by atoms with Gasteiger partial charge in [0, 0.05) is 26.2 Å². The SMILES string of the molecule is CNc1nnc(SCC(=O)N(C)Cc2cccc(OC)c2OC)s1. The molecule has 24 heavy (non-hydrogen) atoms. The van der Waals surface area contributed by atoms with Crippen LogP contribution >= 0.6 is 23.1 Å². The van der Waals surface area contributed by atoms with E-state index in [9.17, 15) is 4.79 Å². The van der Waals surface area contributed by atoms with Crippen LogP contribution in [0.5, 0.6) is 11.5 Å². The average Bonchev–Trinajstić information content (AvgIpc) is 3.07. The molecule has 1 aromatic carbocycles. The lowest BCUT2D eigenvalue weighted by Gasteiger charge is -2.19. The summed E-state index contributed by atoms with van der Waals surface area (Å²) < 4.78 is 11.4. The molecule has 9 heteroatoms. The van der Waals surface area contributed by atoms with Crippen LogP contribution in [0.1, 0.15) is 5.56 Å². The fourth-order valence-electron chi connectivity index (χ4n) is 2.02. The molecular weight excluding hydrogens is 348 g/mol. The third-order valence-corrected chi connectivity index (χ3v) is 5.32. The van der Waals surface area contributed by atoms with Crippen molar-refractivity contribution in [1.82, 2.24) is 15.1 Å². The van der Waals surface area contributed by atoms with E-state index in [0.29, 0.717) is 23.8 Å². The van der Waals surface area contributed by atoms with Crippen molar-refractivity contribution in [3.05, 3.63) is 23.8 Å². The molecular formula is C15H20N4O3S2. The van der Waals surface area contributed by atoms with Crippen molar-refractivity contribution in [2.45, 2.75) is 10.9 Å². The molecule has 1 aromatic heterocycles. The van der Waals surface area contributed by atoms with Crippen molar-refractivity contribution < 1.29 is 14.3 Å². The number of nitrogens with zero attached hydrogens (tertiary/aromatic N) is 3. The molecule has 0 radical (unpaired) electrons. The number of thioether (sulfide) groups is 1. The Labute approximate surface area is 149 Å². The van der Waals surface area contributed by atoms with Crippen LogP contribution in [0.2, 0.25) is 0 Å². The van der Waals surface area contributed by atoms with Crippen LogP contribution in [0.3, 0.4) is 0 Å². The summed E-state index contributed by atoms with van der Waals surface area (Å²) in [5, 5.41) is 11.6. The first-order chi connectivity index (χ1) is 11.6. The first-order valence-corrected chi connectivity index (χ1v) is 8.97. The lowest BCUT2D eigenvalue weighted by Crippen LogP contribution is -2.28. The number of amides is 1. The quantitative estimate of drug-likeness (QED) is 0.717. The fourth-order valence-corrected chi connectivity index (χ4v) is 3.67. The molecule has 0 aliphatic heterocycles. The summed E-state index contributed by atoms with van der Waals surface area (Å²) in [6.45, 7) is 0.442. The second-order valence-electron chi connectivity index (χ2n) is 4.81. The molecule has 1 amide bonds. The Bertz CT molecular complexity index is 693. The summed E-state index contributed by atoms with van der Waals surface area (Å²) in [5.41, 5.74) is 0.895. The highest BCUT2D eigenvalue weighted by Crippen LogP contribution is 2.31. The zero-order valence-corrected chi connectivity index (χ0v) is 15.7. The third-order valence-electron chi connectivity index (χ3n) is 3.26. The zero-order chi connectivity index (χ0) is 17.5. The maximum absolute atomic E-state index is 12.3. The lowest BCUT2D eigenvalue weighted by molar-refractivity contribution is -0.127. The van der Waals surface area contributed by atoms with Gasteiger partial charge in [-0.2, -0.15) is 0 Å². The van der Waals surface area contributed by atoms with E-state index in [0.717, 1.165) is 15.0 Å². The number of para-hydroxylation sites is 1. The summed E-state index contributed by atoms with van der Waals surface area (Å²) in [5.74, 6) is 1.61. The molecule has 130 valence electrons. The number of ether oxygens (including phenoxy) is 2. The molecule has 0 unspecified atom stereocenters. The molecule has 1 N–H and O–H groups in total. The van der Waals surface area contributed by atoms with Gasteiger partial charge in [0.25, 0.3) is 0 Å². The second kappa shape index (κ2) is 8.74. The highest BCUT2D eigenvalue weighted by Gasteiger charge is 2.16. The molecule has 0 bridgehead atoms. The molecule has 0 spiro atoms. The monoisotopic (exact) mass is 368 g/mol. The first kappa shape index (κ1) is 18.3. The van der Waals surface area contributed by atoms with Crippen LogP contribution in [0.25, 0.3) is 0 Å². The highest BCUT2D eigenvalue weighted by atomic mass is 32.2. The van der Waals surface area contributed by atoms with Crippen LogP contribution in [0, 0.1) is 0 Å². The van der Waals surface area contributed by atoms with Crippen LogP contribution < -0.4 is 14.8 Å². The van der Waals surface area contributed by atoms with Gasteiger partial charge < -0.3 is 19.7 Å². The summed E-state index contributed by atoms with van der Waals surface area (Å²) in [6.07, 6.45) is 0. The molecule has 0 saturated carbocycles. The number of aromatic nitrogens is 2. The summed E-state index contributed by atoms with van der Waals surface area (Å²) in [4.78, 5) is 14.0. The molecule has 0 saturated heterocycles. The first-order valence-electron chi connectivity index (χ1n) is 7.17. The molecule has 0 aliphatic rings. The number of nitrogens with one attached hydrogen (secondary N) is 1. The molecule has 0 atom stereocenters. The fraction of sp³-hybridized carbons (Fsp3) is 0.400. The van der Waals surface area contributed by atoms with Crippen molar-refractivity contribution in [2.24, 2.45) is 0 Å². The van der Waals surface area contributed by atoms with Gasteiger partial charge in [0.05, 0.1) is 20.0 Å². The number of anilines is 1. The molecule has 0 aliphatic carbocycles. The van der Waals surface area contributed by atoms with E-state index in [1.165, 1.54) is 23.1 Å². The maximum atomic E-state index is 12.3. The van der Waals surface area contributed by atoms with Crippen LogP contribution in [0.4, 0.5) is 5.13 Å². The number of carbonyl (C=O) groups is 1. The average molecular weight is 368 g/mol. The molecule has 7 nitrogen and oxygen atoms in total. The Morgan fingerprint density at radius 3 is 2.75 bits per heavy atom. The predicted octanol–water partition coefficient (Wildman–Crippen LogP) is 2.35. The van der Waals surface area contributed by atoms with Gasteiger partial charge in [-0.1, -0.05) is 35.2 Å². The van der Waals surface area contributed by atoms with Crippen molar-refractivity contribution in [3.8, 4) is 11.5 Å². The molecule has 2 rings (SSSR count). The molecule has 2 aromatic rings. The standard InChI is InChI=1S/C15H20N4O3S2/c1-16-14-17-18-15(24-14)23-9-12(20)19(2)8-10-6-5-7-11(21-3)13(10)22-4/h5-7H,8-9H2,1-4H3,(H,16,17). The third kappa shape index (κ3) is 4.51. The maximum Gasteiger partial charge on any atom is 0.233 e. The minimum Gasteiger partial charge on any atom is -0.493 e. The van der Waals surface area contributed by atoms with Gasteiger partial charge in [-0.25, -0.2) is 0 Å². The van der Waals surface area contributed by atoms with Crippen molar-refractivity contribution in [3.63, 3.8) is 0 Å². The summed E-state index contributed by atoms with van der Waals surface area (Å²) >= 11 is 2.80. The van der Waals surface area contributed by atoms with Gasteiger partial charge in [0.15, 0.2) is 15.8 Å². The Morgan fingerprint density at radius 2 is 2.12 bits per heavy atom. The number of hydrogen-bond donors (Lipinski definition) is 1. The van der Waals surface area contributed by atoms with Gasteiger partial charge in [0.2, 0.25) is 11.0 Å². The van der Waals surface area contributed by atoms with E-state index < -0.39 is 0 Å². The van der Waals surface area contributed by atoms with Gasteiger partial charge in [-0.3, -0.25) is 4.79 Å². The largest absolute Gasteiger partial charge is 0.493 e. The minimum atomic E-state index is 0.00563. The molecule has 1 heterocycles. The van der Waals surface area contributed by atoms with Crippen LogP contribution in [-0.4, -0.2) is 55.1 Å². The van der Waals surface area contributed by atoms with Crippen LogP contribution in [0.15, 0.2) is 22.5 Å². The predicted molar refractivity (Wildman–Crippen MR) is 96.2 cm³/mol. The smallest absolute Gasteiger partial charge is 0.233 e. The van der Waals surface area contributed by atoms with Crippen molar-refractivity contribution >= 4 is 34.1 Å². The number of carbonyl (C=O) groups excluding carboxylic acids is 1. The lowest BCUT2D eigenvalue weighted by atomic mass is 10.1. The number of methoxy groups -OCH3 is 2. The van der Waals surface area contributed by atoms with Gasteiger partial charge in [-0.15, -0.1) is 10.2 Å². The number of rotatable bonds is 8. The summed E-state index contributed by atoms with van der Waals surface area (Å²) in [6, 6.07) is 5.63. The normalized spacial score (nSPS) is 10.3. The Hall–Kier alpha value is -2.00. The van der Waals surface area contributed by atoms with Crippen LogP contribution in [-0.2, 0) is 11.3 Å². The Balaban J connectivity index is 1.96.